The first-order chi connectivity index (χ1) is 14.2. The normalized spacial score (nSPS) is 16.9. The van der Waals surface area contributed by atoms with Crippen molar-refractivity contribution >= 4 is 12.1 Å². The lowest BCUT2D eigenvalue weighted by molar-refractivity contribution is 0.0471. The molecule has 1 aliphatic rings. The number of esters is 1. The summed E-state index contributed by atoms with van der Waals surface area (Å²) in [6.07, 6.45) is 3.34. The number of nitrogens with one attached hydrogen (secondary N) is 1. The van der Waals surface area contributed by atoms with Gasteiger partial charge in [-0.25, -0.2) is 14.6 Å². The van der Waals surface area contributed by atoms with Gasteiger partial charge in [-0.05, 0) is 77.6 Å². The Labute approximate surface area is 179 Å². The number of carbonyl (C=O) groups is 2. The van der Waals surface area contributed by atoms with Crippen LogP contribution in [0, 0.1) is 18.8 Å². The van der Waals surface area contributed by atoms with E-state index in [1.807, 2.05) is 39.8 Å². The molecule has 0 aromatic carbocycles. The molecule has 0 radical (unpaired) electrons. The van der Waals surface area contributed by atoms with Crippen LogP contribution in [0.15, 0.2) is 12.1 Å². The van der Waals surface area contributed by atoms with Crippen molar-refractivity contribution in [2.24, 2.45) is 0 Å². The molecule has 2 heterocycles. The standard InChI is InChI=1S/C23H33N3O4/c1-17-12-13-18(24-20(17)21(27)29-5)10-7-6-8-14-26-15-9-11-19(16-26)25-22(28)30-23(2,3)4/h12-13,19H,6,8-9,11,14-16H2,1-5H3,(H,25,28). The Balaban J connectivity index is 1.77. The third kappa shape index (κ3) is 8.03. The van der Waals surface area contributed by atoms with Crippen LogP contribution in [-0.2, 0) is 9.47 Å². The second-order valence-corrected chi connectivity index (χ2v) is 8.54. The summed E-state index contributed by atoms with van der Waals surface area (Å²) in [6.45, 7) is 10.2. The summed E-state index contributed by atoms with van der Waals surface area (Å²) in [4.78, 5) is 30.3. The molecular weight excluding hydrogens is 382 g/mol. The van der Waals surface area contributed by atoms with Gasteiger partial charge in [0.25, 0.3) is 0 Å². The van der Waals surface area contributed by atoms with E-state index in [4.69, 9.17) is 9.47 Å². The van der Waals surface area contributed by atoms with Crippen molar-refractivity contribution in [3.05, 3.63) is 29.1 Å². The van der Waals surface area contributed by atoms with E-state index in [2.05, 4.69) is 27.0 Å². The molecule has 1 unspecified atom stereocenters. The van der Waals surface area contributed by atoms with Crippen LogP contribution in [0.25, 0.3) is 0 Å². The van der Waals surface area contributed by atoms with E-state index in [0.717, 1.165) is 50.9 Å². The third-order valence-corrected chi connectivity index (χ3v) is 4.69. The molecule has 0 saturated carbocycles. The Morgan fingerprint density at radius 1 is 1.33 bits per heavy atom. The number of hydrogen-bond donors (Lipinski definition) is 1. The number of carbonyl (C=O) groups excluding carboxylic acids is 2. The molecular formula is C23H33N3O4. The van der Waals surface area contributed by atoms with Crippen LogP contribution >= 0.6 is 0 Å². The van der Waals surface area contributed by atoms with Gasteiger partial charge in [0.05, 0.1) is 7.11 Å². The first kappa shape index (κ1) is 23.7. The molecule has 30 heavy (non-hydrogen) atoms. The Bertz CT molecular complexity index is 805. The van der Waals surface area contributed by atoms with Gasteiger partial charge in [0.15, 0.2) is 5.69 Å². The molecule has 1 aromatic heterocycles. The summed E-state index contributed by atoms with van der Waals surface area (Å²) < 4.78 is 10.1. The average molecular weight is 416 g/mol. The van der Waals surface area contributed by atoms with Crippen LogP contribution in [0.1, 0.15) is 68.2 Å². The van der Waals surface area contributed by atoms with E-state index in [1.165, 1.54) is 7.11 Å². The number of piperidine rings is 1. The maximum absolute atomic E-state index is 12.0. The molecule has 0 spiro atoms. The Morgan fingerprint density at radius 3 is 2.80 bits per heavy atom. The lowest BCUT2D eigenvalue weighted by Gasteiger charge is -2.33. The van der Waals surface area contributed by atoms with E-state index >= 15 is 0 Å². The number of rotatable bonds is 5. The van der Waals surface area contributed by atoms with Crippen molar-refractivity contribution < 1.29 is 19.1 Å². The van der Waals surface area contributed by atoms with Crippen molar-refractivity contribution in [3.8, 4) is 11.8 Å². The van der Waals surface area contributed by atoms with E-state index in [-0.39, 0.29) is 12.1 Å². The van der Waals surface area contributed by atoms with E-state index in [0.29, 0.717) is 11.4 Å². The SMILES string of the molecule is COC(=O)c1nc(C#CCCCN2CCCC(NC(=O)OC(C)(C)C)C2)ccc1C. The molecule has 1 saturated heterocycles. The number of amides is 1. The number of pyridine rings is 1. The number of hydrogen-bond acceptors (Lipinski definition) is 6. The fourth-order valence-electron chi connectivity index (χ4n) is 3.30. The van der Waals surface area contributed by atoms with Crippen molar-refractivity contribution in [2.45, 2.75) is 65.0 Å². The molecule has 0 bridgehead atoms. The zero-order valence-corrected chi connectivity index (χ0v) is 18.7. The number of aryl methyl sites for hydroxylation is 1. The first-order valence-electron chi connectivity index (χ1n) is 10.4. The molecule has 2 rings (SSSR count). The highest BCUT2D eigenvalue weighted by Crippen LogP contribution is 2.13. The minimum Gasteiger partial charge on any atom is -0.464 e. The highest BCUT2D eigenvalue weighted by Gasteiger charge is 2.23. The minimum absolute atomic E-state index is 0.119. The summed E-state index contributed by atoms with van der Waals surface area (Å²) in [5.74, 6) is 5.71. The molecule has 164 valence electrons. The predicted molar refractivity (Wildman–Crippen MR) is 115 cm³/mol. The highest BCUT2D eigenvalue weighted by molar-refractivity contribution is 5.88. The Kier molecular flexibility index (Phi) is 8.67. The number of aromatic nitrogens is 1. The maximum atomic E-state index is 12.0. The summed E-state index contributed by atoms with van der Waals surface area (Å²) in [6, 6.07) is 3.76. The number of alkyl carbamates (subject to hydrolysis) is 1. The van der Waals surface area contributed by atoms with Gasteiger partial charge in [-0.1, -0.05) is 12.0 Å². The molecule has 1 aromatic rings. The van der Waals surface area contributed by atoms with Gasteiger partial charge in [-0.3, -0.25) is 0 Å². The molecule has 7 heteroatoms. The second kappa shape index (κ2) is 11.0. The Morgan fingerprint density at radius 2 is 2.10 bits per heavy atom. The van der Waals surface area contributed by atoms with Crippen molar-refractivity contribution in [1.29, 1.82) is 0 Å². The number of methoxy groups -OCH3 is 1. The zero-order chi connectivity index (χ0) is 22.1. The lowest BCUT2D eigenvalue weighted by atomic mass is 10.1. The first-order valence-corrected chi connectivity index (χ1v) is 10.4. The van der Waals surface area contributed by atoms with Gasteiger partial charge in [0.1, 0.15) is 11.3 Å². The van der Waals surface area contributed by atoms with Crippen LogP contribution in [0.4, 0.5) is 4.79 Å². The number of unbranched alkanes of at least 4 members (excludes halogenated alkanes) is 1. The van der Waals surface area contributed by atoms with E-state index in [1.54, 1.807) is 0 Å². The van der Waals surface area contributed by atoms with Crippen LogP contribution in [0.5, 0.6) is 0 Å². The number of nitrogens with zero attached hydrogens (tertiary/aromatic N) is 2. The lowest BCUT2D eigenvalue weighted by Crippen LogP contribution is -2.49. The summed E-state index contributed by atoms with van der Waals surface area (Å²) in [5, 5.41) is 2.98. The van der Waals surface area contributed by atoms with Crippen molar-refractivity contribution in [2.75, 3.05) is 26.7 Å². The fraction of sp³-hybridized carbons (Fsp3) is 0.609. The zero-order valence-electron chi connectivity index (χ0n) is 18.7. The van der Waals surface area contributed by atoms with Crippen LogP contribution in [0.3, 0.4) is 0 Å². The largest absolute Gasteiger partial charge is 0.464 e. The van der Waals surface area contributed by atoms with Crippen molar-refractivity contribution in [3.63, 3.8) is 0 Å². The molecule has 1 amide bonds. The smallest absolute Gasteiger partial charge is 0.407 e. The average Bonchev–Trinajstić information content (AvgIpc) is 2.67. The van der Waals surface area contributed by atoms with E-state index < -0.39 is 11.6 Å². The molecule has 1 aliphatic heterocycles. The number of likely N-dealkylation sites (tertiary alicyclic amines) is 1. The quantitative estimate of drug-likeness (QED) is 0.452. The van der Waals surface area contributed by atoms with Gasteiger partial charge < -0.3 is 19.7 Å². The van der Waals surface area contributed by atoms with Crippen molar-refractivity contribution in [1.82, 2.24) is 15.2 Å². The highest BCUT2D eigenvalue weighted by atomic mass is 16.6. The summed E-state index contributed by atoms with van der Waals surface area (Å²) in [7, 11) is 1.34. The molecule has 1 atom stereocenters. The molecule has 0 aliphatic carbocycles. The molecule has 1 fully saturated rings. The van der Waals surface area contributed by atoms with Gasteiger partial charge in [0.2, 0.25) is 0 Å². The topological polar surface area (TPSA) is 80.8 Å². The van der Waals surface area contributed by atoms with Crippen LogP contribution < -0.4 is 5.32 Å². The minimum atomic E-state index is -0.485. The summed E-state index contributed by atoms with van der Waals surface area (Å²) >= 11 is 0. The summed E-state index contributed by atoms with van der Waals surface area (Å²) in [5.41, 5.74) is 1.16. The van der Waals surface area contributed by atoms with Gasteiger partial charge >= 0.3 is 12.1 Å². The molecule has 1 N–H and O–H groups in total. The Hall–Kier alpha value is -2.59. The van der Waals surface area contributed by atoms with E-state index in [9.17, 15) is 9.59 Å². The predicted octanol–water partition coefficient (Wildman–Crippen LogP) is 3.30. The van der Waals surface area contributed by atoms with Gasteiger partial charge in [0, 0.05) is 19.0 Å². The van der Waals surface area contributed by atoms with Gasteiger partial charge in [-0.2, -0.15) is 0 Å². The van der Waals surface area contributed by atoms with Crippen LogP contribution in [-0.4, -0.2) is 60.3 Å². The maximum Gasteiger partial charge on any atom is 0.407 e. The number of ether oxygens (including phenoxy) is 2. The fourth-order valence-corrected chi connectivity index (χ4v) is 3.30. The second-order valence-electron chi connectivity index (χ2n) is 8.54. The van der Waals surface area contributed by atoms with Gasteiger partial charge in [-0.15, -0.1) is 0 Å². The monoisotopic (exact) mass is 415 g/mol. The third-order valence-electron chi connectivity index (χ3n) is 4.69. The molecule has 7 nitrogen and oxygen atoms in total. The van der Waals surface area contributed by atoms with Crippen LogP contribution in [0.2, 0.25) is 0 Å².